The molecule has 0 aliphatic heterocycles. The van der Waals surface area contributed by atoms with Crippen LogP contribution in [0.5, 0.6) is 0 Å². The topological polar surface area (TPSA) is 37.8 Å². The monoisotopic (exact) mass is 281 g/mol. The molecule has 21 heavy (non-hydrogen) atoms. The van der Waals surface area contributed by atoms with Crippen LogP contribution < -0.4 is 5.32 Å². The number of rotatable bonds is 2. The molecule has 1 heterocycles. The molecule has 0 atom stereocenters. The van der Waals surface area contributed by atoms with Crippen molar-refractivity contribution in [2.75, 3.05) is 12.4 Å². The number of aromatic nitrogens is 2. The van der Waals surface area contributed by atoms with E-state index in [-0.39, 0.29) is 5.82 Å². The Bertz CT molecular complexity index is 828. The molecule has 3 rings (SSSR count). The van der Waals surface area contributed by atoms with Gasteiger partial charge in [0.2, 0.25) is 5.95 Å². The average molecular weight is 281 g/mol. The highest BCUT2D eigenvalue weighted by molar-refractivity contribution is 5.87. The zero-order valence-electron chi connectivity index (χ0n) is 12.2. The number of nitrogens with zero attached hydrogens (tertiary/aromatic N) is 2. The number of aryl methyl sites for hydroxylation is 2. The van der Waals surface area contributed by atoms with E-state index in [2.05, 4.69) is 21.4 Å². The van der Waals surface area contributed by atoms with Gasteiger partial charge in [0.25, 0.3) is 0 Å². The minimum Gasteiger partial charge on any atom is -0.357 e. The molecule has 0 spiro atoms. The fourth-order valence-electron chi connectivity index (χ4n) is 2.40. The number of benzene rings is 2. The second-order valence-corrected chi connectivity index (χ2v) is 5.08. The molecule has 0 amide bonds. The van der Waals surface area contributed by atoms with Crippen molar-refractivity contribution in [3.8, 4) is 11.1 Å². The van der Waals surface area contributed by atoms with Gasteiger partial charge in [0, 0.05) is 12.4 Å². The van der Waals surface area contributed by atoms with E-state index in [1.54, 1.807) is 20.0 Å². The van der Waals surface area contributed by atoms with Crippen molar-refractivity contribution in [2.45, 2.75) is 13.8 Å². The van der Waals surface area contributed by atoms with E-state index in [1.807, 2.05) is 25.1 Å². The first kappa shape index (κ1) is 13.5. The van der Waals surface area contributed by atoms with Gasteiger partial charge in [-0.05, 0) is 54.8 Å². The lowest BCUT2D eigenvalue weighted by molar-refractivity contribution is 0.619. The summed E-state index contributed by atoms with van der Waals surface area (Å²) in [6.07, 6.45) is 0. The van der Waals surface area contributed by atoms with Crippen LogP contribution in [-0.2, 0) is 0 Å². The number of halogens is 1. The maximum atomic E-state index is 13.4. The molecule has 0 radical (unpaired) electrons. The summed E-state index contributed by atoms with van der Waals surface area (Å²) in [7, 11) is 1.80. The standard InChI is InChI=1S/C17H16FN3/c1-10-8-12(4-6-15(10)18)13-5-7-16-14(9-13)11(2)20-17(19-3)21-16/h4-9H,1-3H3,(H,19,20,21). The van der Waals surface area contributed by atoms with Gasteiger partial charge in [-0.2, -0.15) is 0 Å². The highest BCUT2D eigenvalue weighted by Crippen LogP contribution is 2.27. The number of anilines is 1. The summed E-state index contributed by atoms with van der Waals surface area (Å²) >= 11 is 0. The van der Waals surface area contributed by atoms with Gasteiger partial charge in [-0.25, -0.2) is 14.4 Å². The van der Waals surface area contributed by atoms with Gasteiger partial charge in [0.1, 0.15) is 5.82 Å². The Hall–Kier alpha value is -2.49. The first-order chi connectivity index (χ1) is 10.1. The average Bonchev–Trinajstić information content (AvgIpc) is 2.49. The van der Waals surface area contributed by atoms with E-state index in [0.29, 0.717) is 11.5 Å². The van der Waals surface area contributed by atoms with E-state index in [4.69, 9.17) is 0 Å². The van der Waals surface area contributed by atoms with Gasteiger partial charge in [-0.3, -0.25) is 0 Å². The van der Waals surface area contributed by atoms with Crippen LogP contribution in [0.15, 0.2) is 36.4 Å². The molecule has 0 saturated carbocycles. The molecule has 2 aromatic carbocycles. The summed E-state index contributed by atoms with van der Waals surface area (Å²) < 4.78 is 13.4. The SMILES string of the molecule is CNc1nc(C)c2cc(-c3ccc(F)c(C)c3)ccc2n1. The molecule has 3 nitrogen and oxygen atoms in total. The Morgan fingerprint density at radius 2 is 1.67 bits per heavy atom. The van der Waals surface area contributed by atoms with Crippen LogP contribution >= 0.6 is 0 Å². The fourth-order valence-corrected chi connectivity index (χ4v) is 2.40. The molecule has 1 aromatic heterocycles. The Kier molecular flexibility index (Phi) is 3.29. The normalized spacial score (nSPS) is 10.9. The molecule has 4 heteroatoms. The number of hydrogen-bond donors (Lipinski definition) is 1. The molecule has 3 aromatic rings. The number of fused-ring (bicyclic) bond motifs is 1. The van der Waals surface area contributed by atoms with Gasteiger partial charge in [0.05, 0.1) is 11.2 Å². The molecule has 106 valence electrons. The van der Waals surface area contributed by atoms with Crippen LogP contribution in [0.4, 0.5) is 10.3 Å². The van der Waals surface area contributed by atoms with Gasteiger partial charge < -0.3 is 5.32 Å². The van der Waals surface area contributed by atoms with Crippen LogP contribution in [0.3, 0.4) is 0 Å². The van der Waals surface area contributed by atoms with Crippen molar-refractivity contribution in [2.24, 2.45) is 0 Å². The maximum Gasteiger partial charge on any atom is 0.223 e. The molecule has 0 unspecified atom stereocenters. The van der Waals surface area contributed by atoms with Gasteiger partial charge in [-0.1, -0.05) is 12.1 Å². The maximum absolute atomic E-state index is 13.4. The van der Waals surface area contributed by atoms with Crippen molar-refractivity contribution >= 4 is 16.9 Å². The highest BCUT2D eigenvalue weighted by Gasteiger charge is 2.07. The van der Waals surface area contributed by atoms with E-state index < -0.39 is 0 Å². The summed E-state index contributed by atoms with van der Waals surface area (Å²) in [6, 6.07) is 11.2. The van der Waals surface area contributed by atoms with Crippen molar-refractivity contribution in [3.63, 3.8) is 0 Å². The van der Waals surface area contributed by atoms with E-state index in [9.17, 15) is 4.39 Å². The van der Waals surface area contributed by atoms with Gasteiger partial charge in [-0.15, -0.1) is 0 Å². The van der Waals surface area contributed by atoms with Crippen LogP contribution in [0.1, 0.15) is 11.3 Å². The Labute approximate surface area is 122 Å². The number of nitrogens with one attached hydrogen (secondary N) is 1. The van der Waals surface area contributed by atoms with Crippen molar-refractivity contribution in [3.05, 3.63) is 53.5 Å². The zero-order valence-corrected chi connectivity index (χ0v) is 12.2. The van der Waals surface area contributed by atoms with E-state index in [0.717, 1.165) is 27.7 Å². The highest BCUT2D eigenvalue weighted by atomic mass is 19.1. The minimum atomic E-state index is -0.183. The third kappa shape index (κ3) is 2.44. The van der Waals surface area contributed by atoms with E-state index in [1.165, 1.54) is 6.07 Å². The van der Waals surface area contributed by atoms with Crippen LogP contribution in [-0.4, -0.2) is 17.0 Å². The predicted molar refractivity (Wildman–Crippen MR) is 84.0 cm³/mol. The van der Waals surface area contributed by atoms with Crippen LogP contribution in [0.2, 0.25) is 0 Å². The third-order valence-corrected chi connectivity index (χ3v) is 3.60. The summed E-state index contributed by atoms with van der Waals surface area (Å²) in [5.74, 6) is 0.433. The van der Waals surface area contributed by atoms with Crippen molar-refractivity contribution in [1.29, 1.82) is 0 Å². The summed E-state index contributed by atoms with van der Waals surface area (Å²) in [5.41, 5.74) is 4.49. The Morgan fingerprint density at radius 1 is 0.952 bits per heavy atom. The van der Waals surface area contributed by atoms with E-state index >= 15 is 0 Å². The Morgan fingerprint density at radius 3 is 2.38 bits per heavy atom. The second-order valence-electron chi connectivity index (χ2n) is 5.08. The van der Waals surface area contributed by atoms with Crippen LogP contribution in [0.25, 0.3) is 22.0 Å². The molecule has 1 N–H and O–H groups in total. The zero-order chi connectivity index (χ0) is 15.0. The molecule has 0 aliphatic rings. The first-order valence-corrected chi connectivity index (χ1v) is 6.81. The molecule has 0 fully saturated rings. The predicted octanol–water partition coefficient (Wildman–Crippen LogP) is 4.09. The Balaban J connectivity index is 2.16. The lowest BCUT2D eigenvalue weighted by atomic mass is 10.0. The molecular formula is C17H16FN3. The lowest BCUT2D eigenvalue weighted by Crippen LogP contribution is -1.98. The van der Waals surface area contributed by atoms with Gasteiger partial charge in [0.15, 0.2) is 0 Å². The minimum absolute atomic E-state index is 0.183. The molecule has 0 aliphatic carbocycles. The summed E-state index contributed by atoms with van der Waals surface area (Å²) in [6.45, 7) is 3.73. The third-order valence-electron chi connectivity index (χ3n) is 3.60. The smallest absolute Gasteiger partial charge is 0.223 e. The molecular weight excluding hydrogens is 265 g/mol. The molecule has 0 saturated heterocycles. The molecule has 0 bridgehead atoms. The quantitative estimate of drug-likeness (QED) is 0.768. The number of hydrogen-bond acceptors (Lipinski definition) is 3. The first-order valence-electron chi connectivity index (χ1n) is 6.81. The van der Waals surface area contributed by atoms with Gasteiger partial charge >= 0.3 is 0 Å². The summed E-state index contributed by atoms with van der Waals surface area (Å²) in [4.78, 5) is 8.84. The van der Waals surface area contributed by atoms with Crippen molar-refractivity contribution < 1.29 is 4.39 Å². The second kappa shape index (κ2) is 5.13. The lowest BCUT2D eigenvalue weighted by Gasteiger charge is -2.08. The largest absolute Gasteiger partial charge is 0.357 e. The summed E-state index contributed by atoms with van der Waals surface area (Å²) in [5, 5.41) is 3.96. The van der Waals surface area contributed by atoms with Crippen LogP contribution in [0, 0.1) is 19.7 Å². The fraction of sp³-hybridized carbons (Fsp3) is 0.176. The van der Waals surface area contributed by atoms with Crippen molar-refractivity contribution in [1.82, 2.24) is 9.97 Å².